The Morgan fingerprint density at radius 2 is 1.93 bits per heavy atom. The summed E-state index contributed by atoms with van der Waals surface area (Å²) in [6.07, 6.45) is 4.06. The van der Waals surface area contributed by atoms with Crippen LogP contribution in [0.15, 0.2) is 30.5 Å². The summed E-state index contributed by atoms with van der Waals surface area (Å²) >= 11 is 0. The topological polar surface area (TPSA) is 50.2 Å². The fourth-order valence-electron chi connectivity index (χ4n) is 3.99. The van der Waals surface area contributed by atoms with Crippen LogP contribution in [0.2, 0.25) is 0 Å². The standard InChI is InChI=1S/C22H32N4O/c1-16-14-20(17(2)26(16)15-19-8-6-7-11-23-19)21(27)24-25-12-9-18(10-13-25)22(3,4)5/h6-8,11,14,18H,9-10,12-13,15H2,1-5H3,(H,24,27). The monoisotopic (exact) mass is 368 g/mol. The Kier molecular flexibility index (Phi) is 5.70. The van der Waals surface area contributed by atoms with Gasteiger partial charge in [0.1, 0.15) is 0 Å². The molecule has 1 N–H and O–H groups in total. The Hall–Kier alpha value is -2.14. The number of hydrogen-bond acceptors (Lipinski definition) is 3. The van der Waals surface area contributed by atoms with Crippen molar-refractivity contribution in [1.29, 1.82) is 0 Å². The van der Waals surface area contributed by atoms with E-state index in [4.69, 9.17) is 0 Å². The second-order valence-electron chi connectivity index (χ2n) is 8.76. The van der Waals surface area contributed by atoms with E-state index in [-0.39, 0.29) is 5.91 Å². The number of nitrogens with one attached hydrogen (secondary N) is 1. The van der Waals surface area contributed by atoms with Crippen molar-refractivity contribution in [2.45, 2.75) is 54.0 Å². The molecule has 1 aliphatic heterocycles. The zero-order valence-corrected chi connectivity index (χ0v) is 17.2. The van der Waals surface area contributed by atoms with Gasteiger partial charge >= 0.3 is 0 Å². The quantitative estimate of drug-likeness (QED) is 0.889. The van der Waals surface area contributed by atoms with Crippen molar-refractivity contribution in [2.75, 3.05) is 13.1 Å². The lowest BCUT2D eigenvalue weighted by molar-refractivity contribution is 0.0576. The molecule has 3 heterocycles. The minimum atomic E-state index is -0.00965. The number of carbonyl (C=O) groups is 1. The van der Waals surface area contributed by atoms with Gasteiger partial charge in [0.05, 0.1) is 17.8 Å². The smallest absolute Gasteiger partial charge is 0.267 e. The molecule has 3 rings (SSSR count). The van der Waals surface area contributed by atoms with Crippen molar-refractivity contribution in [1.82, 2.24) is 20.0 Å². The summed E-state index contributed by atoms with van der Waals surface area (Å²) in [4.78, 5) is 17.2. The summed E-state index contributed by atoms with van der Waals surface area (Å²) in [6, 6.07) is 7.90. The van der Waals surface area contributed by atoms with Crippen LogP contribution < -0.4 is 5.43 Å². The fourth-order valence-corrected chi connectivity index (χ4v) is 3.99. The van der Waals surface area contributed by atoms with Gasteiger partial charge in [-0.3, -0.25) is 15.2 Å². The third-order valence-corrected chi connectivity index (χ3v) is 5.84. The second kappa shape index (κ2) is 7.85. The predicted octanol–water partition coefficient (Wildman–Crippen LogP) is 3.95. The van der Waals surface area contributed by atoms with E-state index in [2.05, 4.69) is 40.8 Å². The van der Waals surface area contributed by atoms with Crippen LogP contribution in [0.4, 0.5) is 0 Å². The molecule has 2 aromatic heterocycles. The maximum atomic E-state index is 12.8. The molecule has 1 fully saturated rings. The minimum absolute atomic E-state index is 0.00965. The van der Waals surface area contributed by atoms with E-state index in [1.165, 1.54) is 0 Å². The molecule has 0 unspecified atom stereocenters. The SMILES string of the molecule is Cc1cc(C(=O)NN2CCC(C(C)(C)C)CC2)c(C)n1Cc1ccccn1. The molecule has 5 nitrogen and oxygen atoms in total. The normalized spacial score (nSPS) is 16.5. The highest BCUT2D eigenvalue weighted by atomic mass is 16.2. The highest BCUT2D eigenvalue weighted by molar-refractivity contribution is 5.95. The Morgan fingerprint density at radius 1 is 1.22 bits per heavy atom. The van der Waals surface area contributed by atoms with Crippen LogP contribution in [0.3, 0.4) is 0 Å². The van der Waals surface area contributed by atoms with Crippen molar-refractivity contribution >= 4 is 5.91 Å². The molecule has 1 aliphatic rings. The average Bonchev–Trinajstić information content (AvgIpc) is 2.91. The van der Waals surface area contributed by atoms with Gasteiger partial charge in [-0.15, -0.1) is 0 Å². The van der Waals surface area contributed by atoms with E-state index >= 15 is 0 Å². The zero-order valence-electron chi connectivity index (χ0n) is 17.2. The molecule has 0 atom stereocenters. The third-order valence-electron chi connectivity index (χ3n) is 5.84. The van der Waals surface area contributed by atoms with E-state index in [9.17, 15) is 4.79 Å². The lowest BCUT2D eigenvalue weighted by Crippen LogP contribution is -2.48. The van der Waals surface area contributed by atoms with Crippen molar-refractivity contribution in [3.63, 3.8) is 0 Å². The first-order valence-electron chi connectivity index (χ1n) is 9.88. The average molecular weight is 369 g/mol. The van der Waals surface area contributed by atoms with Gasteiger partial charge in [0.15, 0.2) is 0 Å². The van der Waals surface area contributed by atoms with E-state index in [0.29, 0.717) is 17.9 Å². The molecule has 1 saturated heterocycles. The number of piperidine rings is 1. The number of pyridine rings is 1. The summed E-state index contributed by atoms with van der Waals surface area (Å²) in [6.45, 7) is 13.5. The molecule has 146 valence electrons. The van der Waals surface area contributed by atoms with Gasteiger partial charge in [0.2, 0.25) is 0 Å². The molecule has 5 heteroatoms. The number of aromatic nitrogens is 2. The maximum absolute atomic E-state index is 12.8. The summed E-state index contributed by atoms with van der Waals surface area (Å²) < 4.78 is 2.16. The van der Waals surface area contributed by atoms with Crippen LogP contribution in [0.1, 0.15) is 61.1 Å². The Morgan fingerprint density at radius 3 is 2.52 bits per heavy atom. The van der Waals surface area contributed by atoms with Crippen LogP contribution in [0, 0.1) is 25.2 Å². The largest absolute Gasteiger partial charge is 0.342 e. The minimum Gasteiger partial charge on any atom is -0.342 e. The molecular weight excluding hydrogens is 336 g/mol. The summed E-state index contributed by atoms with van der Waals surface area (Å²) in [5.74, 6) is 0.707. The number of hydrazine groups is 1. The molecule has 1 amide bonds. The Bertz CT molecular complexity index is 781. The van der Waals surface area contributed by atoms with Gasteiger partial charge in [0, 0.05) is 30.7 Å². The van der Waals surface area contributed by atoms with Crippen LogP contribution in [0.25, 0.3) is 0 Å². The summed E-state index contributed by atoms with van der Waals surface area (Å²) in [5.41, 5.74) is 7.27. The second-order valence-corrected chi connectivity index (χ2v) is 8.76. The number of nitrogens with zero attached hydrogens (tertiary/aromatic N) is 3. The highest BCUT2D eigenvalue weighted by Crippen LogP contribution is 2.33. The van der Waals surface area contributed by atoms with E-state index in [0.717, 1.165) is 48.6 Å². The predicted molar refractivity (Wildman–Crippen MR) is 108 cm³/mol. The number of amides is 1. The van der Waals surface area contributed by atoms with Gasteiger partial charge in [-0.05, 0) is 56.2 Å². The van der Waals surface area contributed by atoms with Crippen LogP contribution >= 0.6 is 0 Å². The lowest BCUT2D eigenvalue weighted by Gasteiger charge is -2.38. The molecule has 2 aromatic rings. The van der Waals surface area contributed by atoms with Crippen LogP contribution in [0.5, 0.6) is 0 Å². The van der Waals surface area contributed by atoms with Crippen molar-refractivity contribution in [3.05, 3.63) is 53.1 Å². The van der Waals surface area contributed by atoms with Gasteiger partial charge in [-0.2, -0.15) is 0 Å². The maximum Gasteiger partial charge on any atom is 0.267 e. The number of carbonyl (C=O) groups excluding carboxylic acids is 1. The Balaban J connectivity index is 1.65. The van der Waals surface area contributed by atoms with E-state index in [1.807, 2.05) is 38.1 Å². The van der Waals surface area contributed by atoms with Gasteiger partial charge < -0.3 is 4.57 Å². The molecule has 27 heavy (non-hydrogen) atoms. The molecule has 0 bridgehead atoms. The van der Waals surface area contributed by atoms with Crippen LogP contribution in [-0.4, -0.2) is 33.6 Å². The van der Waals surface area contributed by atoms with Gasteiger partial charge in [-0.1, -0.05) is 26.8 Å². The van der Waals surface area contributed by atoms with E-state index < -0.39 is 0 Å². The van der Waals surface area contributed by atoms with E-state index in [1.54, 1.807) is 6.20 Å². The zero-order chi connectivity index (χ0) is 19.6. The molecule has 0 radical (unpaired) electrons. The molecular formula is C22H32N4O. The fraction of sp³-hybridized carbons (Fsp3) is 0.545. The molecule has 0 aliphatic carbocycles. The first-order chi connectivity index (χ1) is 12.8. The summed E-state index contributed by atoms with van der Waals surface area (Å²) in [5, 5.41) is 2.08. The number of aryl methyl sites for hydroxylation is 1. The summed E-state index contributed by atoms with van der Waals surface area (Å²) in [7, 11) is 0. The number of rotatable bonds is 4. The highest BCUT2D eigenvalue weighted by Gasteiger charge is 2.29. The Labute approximate surface area is 162 Å². The van der Waals surface area contributed by atoms with Gasteiger partial charge in [-0.25, -0.2) is 5.01 Å². The molecule has 0 saturated carbocycles. The number of hydrogen-bond donors (Lipinski definition) is 1. The van der Waals surface area contributed by atoms with Gasteiger partial charge in [0.25, 0.3) is 5.91 Å². The molecule has 0 aromatic carbocycles. The lowest BCUT2D eigenvalue weighted by atomic mass is 9.75. The molecule has 0 spiro atoms. The van der Waals surface area contributed by atoms with Crippen molar-refractivity contribution < 1.29 is 4.79 Å². The van der Waals surface area contributed by atoms with Crippen molar-refractivity contribution in [3.8, 4) is 0 Å². The third kappa shape index (κ3) is 4.59. The van der Waals surface area contributed by atoms with Crippen LogP contribution in [-0.2, 0) is 6.54 Å². The first-order valence-corrected chi connectivity index (χ1v) is 9.88. The van der Waals surface area contributed by atoms with Crippen molar-refractivity contribution in [2.24, 2.45) is 11.3 Å². The first kappa shape index (κ1) is 19.6.